The summed E-state index contributed by atoms with van der Waals surface area (Å²) >= 11 is 4.70. The van der Waals surface area contributed by atoms with E-state index >= 15 is 0 Å². The number of benzene rings is 2. The van der Waals surface area contributed by atoms with Crippen LogP contribution >= 0.6 is 12.2 Å². The fraction of sp³-hybridized carbons (Fsp3) is 0. The summed E-state index contributed by atoms with van der Waals surface area (Å²) in [6.07, 6.45) is 3.50. The quantitative estimate of drug-likeness (QED) is 0.562. The van der Waals surface area contributed by atoms with Crippen LogP contribution in [0.4, 0.5) is 0 Å². The van der Waals surface area contributed by atoms with Crippen LogP contribution in [0.15, 0.2) is 79.1 Å². The molecule has 0 unspecified atom stereocenters. The molecule has 29 heavy (non-hydrogen) atoms. The minimum absolute atomic E-state index is 0.198. The van der Waals surface area contributed by atoms with E-state index in [9.17, 15) is 9.59 Å². The molecule has 0 aliphatic rings. The minimum atomic E-state index is -0.977. The van der Waals surface area contributed by atoms with E-state index in [2.05, 4.69) is 4.98 Å². The first kappa shape index (κ1) is 23.0. The van der Waals surface area contributed by atoms with Crippen molar-refractivity contribution in [2.45, 2.75) is 0 Å². The highest BCUT2D eigenvalue weighted by atomic mass is 32.1. The third kappa shape index (κ3) is 8.90. The van der Waals surface area contributed by atoms with Gasteiger partial charge in [-0.3, -0.25) is 4.98 Å². The minimum Gasteiger partial charge on any atom is -0.478 e. The van der Waals surface area contributed by atoms with E-state index in [4.69, 9.17) is 33.4 Å². The number of pyridine rings is 1. The van der Waals surface area contributed by atoms with E-state index in [1.807, 2.05) is 24.3 Å². The number of nitrogens with two attached hydrogens (primary N) is 1. The molecule has 4 N–H and O–H groups in total. The Balaban J connectivity index is 0.000000229. The molecule has 0 amide bonds. The second-order valence-electron chi connectivity index (χ2n) is 5.27. The second-order valence-corrected chi connectivity index (χ2v) is 5.71. The lowest BCUT2D eigenvalue weighted by Crippen LogP contribution is -2.09. The monoisotopic (exact) mass is 407 g/mol. The third-order valence-corrected chi connectivity index (χ3v) is 3.48. The van der Waals surface area contributed by atoms with Crippen molar-refractivity contribution >= 4 is 29.1 Å². The zero-order valence-corrected chi connectivity index (χ0v) is 15.9. The van der Waals surface area contributed by atoms with Crippen molar-refractivity contribution in [1.29, 1.82) is 5.26 Å². The molecular formula is C21H17N3O4S. The van der Waals surface area contributed by atoms with Gasteiger partial charge in [0.2, 0.25) is 0 Å². The van der Waals surface area contributed by atoms with Crippen molar-refractivity contribution in [2.75, 3.05) is 0 Å². The van der Waals surface area contributed by atoms with Crippen molar-refractivity contribution in [3.63, 3.8) is 0 Å². The van der Waals surface area contributed by atoms with Crippen molar-refractivity contribution in [1.82, 2.24) is 4.98 Å². The number of nitrogens with zero attached hydrogens (tertiary/aromatic N) is 2. The molecule has 7 nitrogen and oxygen atoms in total. The molecule has 0 atom stereocenters. The smallest absolute Gasteiger partial charge is 0.335 e. The number of hydrogen-bond donors (Lipinski definition) is 3. The zero-order chi connectivity index (χ0) is 21.6. The number of thiocarbonyl (C=S) groups is 1. The number of aromatic nitrogens is 1. The maximum absolute atomic E-state index is 10.4. The highest BCUT2D eigenvalue weighted by Crippen LogP contribution is 2.04. The highest BCUT2D eigenvalue weighted by Gasteiger charge is 2.02. The molecule has 1 aromatic heterocycles. The molecule has 8 heteroatoms. The van der Waals surface area contributed by atoms with Gasteiger partial charge in [0.25, 0.3) is 0 Å². The lowest BCUT2D eigenvalue weighted by atomic mass is 10.1. The molecule has 0 bridgehead atoms. The Kier molecular flexibility index (Phi) is 9.75. The lowest BCUT2D eigenvalue weighted by molar-refractivity contribution is 0.0686. The summed E-state index contributed by atoms with van der Waals surface area (Å²) in [6.45, 7) is 0. The average Bonchev–Trinajstić information content (AvgIpc) is 2.76. The van der Waals surface area contributed by atoms with Crippen LogP contribution in [-0.4, -0.2) is 32.1 Å². The van der Waals surface area contributed by atoms with Gasteiger partial charge >= 0.3 is 11.9 Å². The van der Waals surface area contributed by atoms with E-state index < -0.39 is 11.9 Å². The number of aromatic carboxylic acids is 2. The largest absolute Gasteiger partial charge is 0.478 e. The van der Waals surface area contributed by atoms with Crippen LogP contribution in [0, 0.1) is 11.3 Å². The molecule has 0 fully saturated rings. The van der Waals surface area contributed by atoms with Crippen LogP contribution in [0.2, 0.25) is 0 Å². The first-order chi connectivity index (χ1) is 13.8. The highest BCUT2D eigenvalue weighted by molar-refractivity contribution is 7.80. The number of rotatable bonds is 3. The van der Waals surface area contributed by atoms with Crippen LogP contribution in [0.1, 0.15) is 31.8 Å². The zero-order valence-electron chi connectivity index (χ0n) is 15.1. The molecule has 0 radical (unpaired) electrons. The van der Waals surface area contributed by atoms with Crippen LogP contribution < -0.4 is 5.73 Å². The number of nitriles is 1. The Labute approximate surface area is 172 Å². The number of carboxylic acids is 2. The SMILES string of the molecule is N#Cc1ccc(C(=O)O)cc1.NC(=S)c1ccc(C(=O)O)cc1.c1ccncc1. The summed E-state index contributed by atoms with van der Waals surface area (Å²) in [5, 5.41) is 25.4. The predicted molar refractivity (Wildman–Crippen MR) is 112 cm³/mol. The summed E-state index contributed by atoms with van der Waals surface area (Å²) in [5.41, 5.74) is 6.90. The van der Waals surface area contributed by atoms with Crippen LogP contribution in [-0.2, 0) is 0 Å². The number of hydrogen-bond acceptors (Lipinski definition) is 5. The summed E-state index contributed by atoms with van der Waals surface area (Å²) in [7, 11) is 0. The van der Waals surface area contributed by atoms with Gasteiger partial charge in [0.1, 0.15) is 4.99 Å². The van der Waals surface area contributed by atoms with Gasteiger partial charge < -0.3 is 15.9 Å². The third-order valence-electron chi connectivity index (χ3n) is 3.24. The van der Waals surface area contributed by atoms with Gasteiger partial charge in [-0.15, -0.1) is 0 Å². The maximum Gasteiger partial charge on any atom is 0.335 e. The molecule has 3 rings (SSSR count). The molecule has 0 saturated carbocycles. The van der Waals surface area contributed by atoms with Crippen molar-refractivity contribution in [3.8, 4) is 6.07 Å². The summed E-state index contributed by atoms with van der Waals surface area (Å²) in [5.74, 6) is -1.93. The van der Waals surface area contributed by atoms with Gasteiger partial charge in [0.15, 0.2) is 0 Å². The van der Waals surface area contributed by atoms with E-state index in [0.29, 0.717) is 11.1 Å². The summed E-state index contributed by atoms with van der Waals surface area (Å²) in [4.78, 5) is 24.8. The summed E-state index contributed by atoms with van der Waals surface area (Å²) < 4.78 is 0. The van der Waals surface area contributed by atoms with Crippen LogP contribution in [0.5, 0.6) is 0 Å². The van der Waals surface area contributed by atoms with E-state index in [1.165, 1.54) is 36.4 Å². The first-order valence-corrected chi connectivity index (χ1v) is 8.47. The van der Waals surface area contributed by atoms with Gasteiger partial charge in [-0.1, -0.05) is 30.4 Å². The number of carboxylic acid groups (broad SMARTS) is 2. The van der Waals surface area contributed by atoms with Gasteiger partial charge in [0.05, 0.1) is 22.8 Å². The molecule has 146 valence electrons. The Bertz CT molecular complexity index is 923. The second kappa shape index (κ2) is 12.3. The number of carbonyl (C=O) groups is 2. The Hall–Kier alpha value is -4.09. The topological polar surface area (TPSA) is 137 Å². The van der Waals surface area contributed by atoms with E-state index in [0.717, 1.165) is 0 Å². The maximum atomic E-state index is 10.4. The Morgan fingerprint density at radius 2 is 1.24 bits per heavy atom. The van der Waals surface area contributed by atoms with Gasteiger partial charge in [0, 0.05) is 18.0 Å². The van der Waals surface area contributed by atoms with Crippen molar-refractivity contribution in [3.05, 3.63) is 101 Å². The molecule has 1 heterocycles. The Morgan fingerprint density at radius 1 is 0.828 bits per heavy atom. The molecule has 0 spiro atoms. The molecule has 2 aromatic carbocycles. The van der Waals surface area contributed by atoms with E-state index in [-0.39, 0.29) is 16.1 Å². The molecule has 3 aromatic rings. The summed E-state index contributed by atoms with van der Waals surface area (Å²) in [6, 6.07) is 19.5. The van der Waals surface area contributed by atoms with Crippen LogP contribution in [0.25, 0.3) is 0 Å². The van der Waals surface area contributed by atoms with Gasteiger partial charge in [-0.2, -0.15) is 5.26 Å². The van der Waals surface area contributed by atoms with E-state index in [1.54, 1.807) is 24.5 Å². The Morgan fingerprint density at radius 3 is 1.52 bits per heavy atom. The van der Waals surface area contributed by atoms with Gasteiger partial charge in [-0.25, -0.2) is 9.59 Å². The van der Waals surface area contributed by atoms with Gasteiger partial charge in [-0.05, 0) is 48.5 Å². The predicted octanol–water partition coefficient (Wildman–Crippen LogP) is 3.36. The standard InChI is InChI=1S/C8H7NO2S.C8H5NO2.C5H5N/c9-7(12)5-1-3-6(4-2-5)8(10)11;9-5-6-1-3-7(4-2-6)8(10)11;1-2-4-6-5-3-1/h1-4H,(H2,9,12)(H,10,11);1-4H,(H,10,11);1-5H. The molecule has 0 saturated heterocycles. The molecular weight excluding hydrogens is 390 g/mol. The molecule has 0 aliphatic carbocycles. The molecule has 0 aliphatic heterocycles. The lowest BCUT2D eigenvalue weighted by Gasteiger charge is -1.97. The van der Waals surface area contributed by atoms with Crippen molar-refractivity contribution in [2.24, 2.45) is 5.73 Å². The van der Waals surface area contributed by atoms with Crippen LogP contribution in [0.3, 0.4) is 0 Å². The first-order valence-electron chi connectivity index (χ1n) is 8.06. The van der Waals surface area contributed by atoms with Crippen molar-refractivity contribution < 1.29 is 19.8 Å². The average molecular weight is 407 g/mol. The fourth-order valence-corrected chi connectivity index (χ4v) is 1.91. The normalized spacial score (nSPS) is 8.79. The fourth-order valence-electron chi connectivity index (χ4n) is 1.78.